The van der Waals surface area contributed by atoms with Gasteiger partial charge < -0.3 is 21.7 Å². The van der Waals surface area contributed by atoms with Crippen molar-refractivity contribution in [2.45, 2.75) is 46.2 Å². The van der Waals surface area contributed by atoms with Crippen molar-refractivity contribution in [2.75, 3.05) is 13.1 Å². The van der Waals surface area contributed by atoms with Gasteiger partial charge in [0.15, 0.2) is 0 Å². The molecule has 1 saturated heterocycles. The monoisotopic (exact) mass is 437 g/mol. The molecule has 1 aliphatic heterocycles. The molecule has 8 heteroatoms. The van der Waals surface area contributed by atoms with Crippen molar-refractivity contribution in [3.8, 4) is 0 Å². The molecule has 1 unspecified atom stereocenters. The maximum absolute atomic E-state index is 13.0. The summed E-state index contributed by atoms with van der Waals surface area (Å²) in [7, 11) is 0. The molecule has 1 amide bonds. The van der Waals surface area contributed by atoms with Crippen LogP contribution < -0.4 is 21.7 Å². The molecule has 1 heterocycles. The molecular weight excluding hydrogens is 409 g/mol. The van der Waals surface area contributed by atoms with E-state index in [9.17, 15) is 4.79 Å². The van der Waals surface area contributed by atoms with Gasteiger partial charge >= 0.3 is 0 Å². The Morgan fingerprint density at radius 1 is 1.34 bits per heavy atom. The maximum Gasteiger partial charge on any atom is 0.275 e. The SMILES string of the molecule is CCC(C)=C(NCc1ccc(Cl)c(Cl)c1)NC(=O)C(=NC1CCNC1)/C(C)=C\N. The molecule has 5 N–H and O–H groups in total. The summed E-state index contributed by atoms with van der Waals surface area (Å²) in [5.41, 5.74) is 8.66. The van der Waals surface area contributed by atoms with Gasteiger partial charge in [-0.3, -0.25) is 9.79 Å². The van der Waals surface area contributed by atoms with Crippen LogP contribution in [0.1, 0.15) is 39.2 Å². The molecule has 1 aromatic rings. The Hall–Kier alpha value is -2.02. The molecule has 2 rings (SSSR count). The van der Waals surface area contributed by atoms with Crippen LogP contribution in [-0.2, 0) is 11.3 Å². The molecule has 1 fully saturated rings. The van der Waals surface area contributed by atoms with Crippen LogP contribution in [0.2, 0.25) is 10.0 Å². The van der Waals surface area contributed by atoms with E-state index in [4.69, 9.17) is 28.9 Å². The topological polar surface area (TPSA) is 91.5 Å². The van der Waals surface area contributed by atoms with Gasteiger partial charge in [0, 0.05) is 13.1 Å². The van der Waals surface area contributed by atoms with Crippen molar-refractivity contribution in [1.29, 1.82) is 0 Å². The third kappa shape index (κ3) is 6.77. The number of allylic oxidation sites excluding steroid dienone is 1. The first-order chi connectivity index (χ1) is 13.8. The predicted molar refractivity (Wildman–Crippen MR) is 121 cm³/mol. The fourth-order valence-electron chi connectivity index (χ4n) is 2.84. The van der Waals surface area contributed by atoms with E-state index in [1.54, 1.807) is 19.1 Å². The van der Waals surface area contributed by atoms with Crippen LogP contribution in [0.25, 0.3) is 0 Å². The minimum atomic E-state index is -0.277. The number of nitrogens with one attached hydrogen (secondary N) is 3. The molecule has 1 aliphatic rings. The summed E-state index contributed by atoms with van der Waals surface area (Å²) in [6.07, 6.45) is 3.11. The van der Waals surface area contributed by atoms with E-state index >= 15 is 0 Å². The second kappa shape index (κ2) is 11.2. The van der Waals surface area contributed by atoms with E-state index in [1.165, 1.54) is 6.20 Å². The number of carbonyl (C=O) groups excluding carboxylic acids is 1. The second-order valence-corrected chi connectivity index (χ2v) is 7.85. The summed E-state index contributed by atoms with van der Waals surface area (Å²) in [6, 6.07) is 5.53. The highest BCUT2D eigenvalue weighted by molar-refractivity contribution is 6.45. The molecule has 0 spiro atoms. The summed E-state index contributed by atoms with van der Waals surface area (Å²) in [5.74, 6) is 0.381. The van der Waals surface area contributed by atoms with Crippen LogP contribution in [0, 0.1) is 0 Å². The van der Waals surface area contributed by atoms with Crippen molar-refractivity contribution >= 4 is 34.8 Å². The van der Waals surface area contributed by atoms with Gasteiger partial charge in [-0.05, 0) is 68.3 Å². The first kappa shape index (κ1) is 23.3. The zero-order chi connectivity index (χ0) is 21.4. The number of hydrogen-bond acceptors (Lipinski definition) is 5. The first-order valence-corrected chi connectivity index (χ1v) is 10.5. The molecule has 29 heavy (non-hydrogen) atoms. The lowest BCUT2D eigenvalue weighted by Crippen LogP contribution is -2.38. The van der Waals surface area contributed by atoms with Gasteiger partial charge in [-0.2, -0.15) is 0 Å². The van der Waals surface area contributed by atoms with Crippen molar-refractivity contribution in [3.05, 3.63) is 57.0 Å². The largest absolute Gasteiger partial charge is 0.404 e. The standard InChI is InChI=1S/C21H29Cl2N5O/c1-4-13(2)20(26-11-15-5-6-17(22)18(23)9-15)28-21(29)19(14(3)10-24)27-16-7-8-25-12-16/h5-6,9-10,16,25-26H,4,7-8,11-12,24H2,1-3H3,(H,28,29)/b14-10-,20-13?,27-19?. The van der Waals surface area contributed by atoms with Gasteiger partial charge in [-0.15, -0.1) is 0 Å². The van der Waals surface area contributed by atoms with Gasteiger partial charge in [0.05, 0.1) is 16.1 Å². The lowest BCUT2D eigenvalue weighted by atomic mass is 10.1. The van der Waals surface area contributed by atoms with Crippen LogP contribution in [0.5, 0.6) is 0 Å². The Kier molecular flexibility index (Phi) is 9.01. The number of carbonyl (C=O) groups is 1. The Morgan fingerprint density at radius 2 is 2.10 bits per heavy atom. The first-order valence-electron chi connectivity index (χ1n) is 9.72. The molecule has 0 aromatic heterocycles. The number of amides is 1. The summed E-state index contributed by atoms with van der Waals surface area (Å²) >= 11 is 12.1. The number of hydrogen-bond donors (Lipinski definition) is 4. The van der Waals surface area contributed by atoms with E-state index in [0.717, 1.165) is 37.1 Å². The number of benzene rings is 1. The normalized spacial score (nSPS) is 18.4. The number of halogens is 2. The molecule has 0 aliphatic carbocycles. The molecule has 0 bridgehead atoms. The van der Waals surface area contributed by atoms with Crippen molar-refractivity contribution in [3.63, 3.8) is 0 Å². The van der Waals surface area contributed by atoms with Gasteiger partial charge in [-0.1, -0.05) is 36.2 Å². The molecule has 0 saturated carbocycles. The Labute approximate surface area is 182 Å². The van der Waals surface area contributed by atoms with Crippen LogP contribution in [0.3, 0.4) is 0 Å². The average Bonchev–Trinajstić information content (AvgIpc) is 3.23. The molecule has 158 valence electrons. The maximum atomic E-state index is 13.0. The number of nitrogens with zero attached hydrogens (tertiary/aromatic N) is 1. The zero-order valence-corrected chi connectivity index (χ0v) is 18.6. The molecule has 6 nitrogen and oxygen atoms in total. The van der Waals surface area contributed by atoms with E-state index < -0.39 is 0 Å². The fraction of sp³-hybridized carbons (Fsp3) is 0.429. The smallest absolute Gasteiger partial charge is 0.275 e. The predicted octanol–water partition coefficient (Wildman–Crippen LogP) is 3.51. The van der Waals surface area contributed by atoms with Gasteiger partial charge in [0.1, 0.15) is 11.5 Å². The van der Waals surface area contributed by atoms with Crippen LogP contribution >= 0.6 is 23.2 Å². The minimum absolute atomic E-state index is 0.0783. The summed E-state index contributed by atoms with van der Waals surface area (Å²) in [4.78, 5) is 17.6. The van der Waals surface area contributed by atoms with Gasteiger partial charge in [0.2, 0.25) is 0 Å². The average molecular weight is 438 g/mol. The highest BCUT2D eigenvalue weighted by atomic mass is 35.5. The third-order valence-corrected chi connectivity index (χ3v) is 5.57. The lowest BCUT2D eigenvalue weighted by Gasteiger charge is -2.17. The molecule has 1 atom stereocenters. The summed E-state index contributed by atoms with van der Waals surface area (Å²) < 4.78 is 0. The van der Waals surface area contributed by atoms with E-state index in [1.807, 2.05) is 19.9 Å². The van der Waals surface area contributed by atoms with Crippen LogP contribution in [-0.4, -0.2) is 30.8 Å². The quantitative estimate of drug-likeness (QED) is 0.468. The van der Waals surface area contributed by atoms with Crippen LogP contribution in [0.15, 0.2) is 46.4 Å². The number of aliphatic imine (C=N–C) groups is 1. The highest BCUT2D eigenvalue weighted by Gasteiger charge is 2.20. The van der Waals surface area contributed by atoms with Crippen molar-refractivity contribution < 1.29 is 4.79 Å². The molecule has 1 aromatic carbocycles. The number of rotatable bonds is 8. The Bertz CT molecular complexity index is 826. The molecule has 0 radical (unpaired) electrons. The van der Waals surface area contributed by atoms with E-state index in [2.05, 4.69) is 20.9 Å². The van der Waals surface area contributed by atoms with Crippen molar-refractivity contribution in [2.24, 2.45) is 10.7 Å². The summed E-state index contributed by atoms with van der Waals surface area (Å²) in [6.45, 7) is 7.96. The Balaban J connectivity index is 2.17. The van der Waals surface area contributed by atoms with Crippen molar-refractivity contribution in [1.82, 2.24) is 16.0 Å². The lowest BCUT2D eigenvalue weighted by molar-refractivity contribution is -0.114. The van der Waals surface area contributed by atoms with E-state index in [0.29, 0.717) is 33.7 Å². The van der Waals surface area contributed by atoms with Gasteiger partial charge in [-0.25, -0.2) is 0 Å². The zero-order valence-electron chi connectivity index (χ0n) is 17.1. The van der Waals surface area contributed by atoms with Gasteiger partial charge in [0.25, 0.3) is 5.91 Å². The fourth-order valence-corrected chi connectivity index (χ4v) is 3.16. The number of nitrogens with two attached hydrogens (primary N) is 1. The highest BCUT2D eigenvalue weighted by Crippen LogP contribution is 2.22. The van der Waals surface area contributed by atoms with Crippen LogP contribution in [0.4, 0.5) is 0 Å². The third-order valence-electron chi connectivity index (χ3n) is 4.83. The second-order valence-electron chi connectivity index (χ2n) is 7.04. The molecular formula is C21H29Cl2N5O. The summed E-state index contributed by atoms with van der Waals surface area (Å²) in [5, 5.41) is 10.5. The minimum Gasteiger partial charge on any atom is -0.404 e. The Morgan fingerprint density at radius 3 is 2.69 bits per heavy atom. The van der Waals surface area contributed by atoms with E-state index in [-0.39, 0.29) is 11.9 Å².